The summed E-state index contributed by atoms with van der Waals surface area (Å²) in [5.41, 5.74) is -0.308. The maximum absolute atomic E-state index is 12.5. The fraction of sp³-hybridized carbons (Fsp3) is 0.867. The maximum atomic E-state index is 12.5. The number of nitrogens with one attached hydrogen (secondary N) is 3. The van der Waals surface area contributed by atoms with Crippen LogP contribution in [0.4, 0.5) is 9.18 Å². The third-order valence-electron chi connectivity index (χ3n) is 4.92. The predicted octanol–water partition coefficient (Wildman–Crippen LogP) is 5.04. The number of carbonyl (C=O) groups is 4. The van der Waals surface area contributed by atoms with E-state index in [4.69, 9.17) is 5.11 Å². The number of carbonyl (C=O) groups excluding carboxylic acids is 3. The van der Waals surface area contributed by atoms with Crippen LogP contribution in [0.1, 0.15) is 103 Å². The van der Waals surface area contributed by atoms with Crippen molar-refractivity contribution >= 4 is 44.0 Å². The minimum atomic E-state index is -1.18. The van der Waals surface area contributed by atoms with E-state index in [1.807, 2.05) is 71.6 Å². The van der Waals surface area contributed by atoms with Gasteiger partial charge in [-0.2, -0.15) is 0 Å². The zero-order valence-electron chi connectivity index (χ0n) is 30.3. The molecular formula is C30H67FN5O6PS. The predicted molar refractivity (Wildman–Crippen MR) is 187 cm³/mol. The van der Waals surface area contributed by atoms with E-state index in [0.717, 1.165) is 5.92 Å². The number of likely N-dealkylation sites (N-methyl/N-ethyl adjacent to an activating group) is 1. The molecule has 4 N–H and O–H groups in total. The molecule has 14 heteroatoms. The summed E-state index contributed by atoms with van der Waals surface area (Å²) in [6.07, 6.45) is 2.61. The first kappa shape index (κ1) is 51.7. The number of nitrogens with zero attached hydrogens (tertiary/aromatic N) is 2. The standard InChI is InChI=1S/C18H33N5O6S.C4H10.C2H6FP.3C2H6/c1-18(2,3)13(11-22(4)30(5)29)21-17(28)20-9-14(24)23-8-6-7-12(23)16(27)19-10-15(25)26;1-4(2)3;1-2(3)4;3*1-2/h12-13H,6-11H2,1-5H3,(H,19,27)(H,25,26)(H2,20,21,28);4H,1-3H3;2H,4H2,1H3;3*1-2H3. The quantitative estimate of drug-likeness (QED) is 0.252. The summed E-state index contributed by atoms with van der Waals surface area (Å²) in [7, 11) is 2.51. The van der Waals surface area contributed by atoms with E-state index in [-0.39, 0.29) is 18.0 Å². The molecule has 5 unspecified atom stereocenters. The molecule has 0 saturated carbocycles. The van der Waals surface area contributed by atoms with Gasteiger partial charge in [0.05, 0.1) is 17.5 Å². The first-order valence-electron chi connectivity index (χ1n) is 15.6. The van der Waals surface area contributed by atoms with Gasteiger partial charge in [-0.3, -0.25) is 14.4 Å². The van der Waals surface area contributed by atoms with Crippen molar-refractivity contribution in [2.75, 3.05) is 39.5 Å². The average molecular weight is 676 g/mol. The number of carboxylic acid groups (broad SMARTS) is 1. The van der Waals surface area contributed by atoms with Crippen LogP contribution in [0, 0.1) is 11.3 Å². The minimum Gasteiger partial charge on any atom is -0.480 e. The summed E-state index contributed by atoms with van der Waals surface area (Å²) in [4.78, 5) is 48.9. The zero-order chi connectivity index (χ0) is 36.2. The van der Waals surface area contributed by atoms with Crippen molar-refractivity contribution in [2.24, 2.45) is 11.3 Å². The van der Waals surface area contributed by atoms with Gasteiger partial charge >= 0.3 is 12.0 Å². The fourth-order valence-corrected chi connectivity index (χ4v) is 3.34. The normalized spacial score (nSPS) is 15.3. The maximum Gasteiger partial charge on any atom is 0.322 e. The van der Waals surface area contributed by atoms with Crippen LogP contribution >= 0.6 is 9.24 Å². The smallest absolute Gasteiger partial charge is 0.322 e. The zero-order valence-corrected chi connectivity index (χ0v) is 32.3. The molecule has 1 rings (SSSR count). The summed E-state index contributed by atoms with van der Waals surface area (Å²) < 4.78 is 24.2. The topological polar surface area (TPSA) is 148 Å². The third-order valence-corrected chi connectivity index (χ3v) is 5.95. The van der Waals surface area contributed by atoms with Crippen molar-refractivity contribution in [2.45, 2.75) is 121 Å². The van der Waals surface area contributed by atoms with Gasteiger partial charge in [-0.1, -0.05) is 83.1 Å². The first-order valence-corrected chi connectivity index (χ1v) is 17.7. The van der Waals surface area contributed by atoms with Crippen molar-refractivity contribution < 1.29 is 32.9 Å². The number of urea groups is 1. The number of rotatable bonds is 9. The molecule has 266 valence electrons. The average Bonchev–Trinajstić information content (AvgIpc) is 3.42. The Bertz CT molecular complexity index is 774. The monoisotopic (exact) mass is 675 g/mol. The lowest BCUT2D eigenvalue weighted by Gasteiger charge is -2.34. The largest absolute Gasteiger partial charge is 0.480 e. The minimum absolute atomic E-state index is 0.291. The molecule has 11 nitrogen and oxygen atoms in total. The van der Waals surface area contributed by atoms with E-state index in [1.54, 1.807) is 17.6 Å². The van der Waals surface area contributed by atoms with Crippen LogP contribution in [0.25, 0.3) is 0 Å². The van der Waals surface area contributed by atoms with Crippen molar-refractivity contribution in [1.29, 1.82) is 0 Å². The number of halogens is 1. The number of amides is 4. The summed E-state index contributed by atoms with van der Waals surface area (Å²) in [6.45, 7) is 25.7. The summed E-state index contributed by atoms with van der Waals surface area (Å²) in [6, 6.07) is -1.59. The highest BCUT2D eigenvalue weighted by Crippen LogP contribution is 2.20. The Balaban J connectivity index is -0.000000307. The second kappa shape index (κ2) is 31.1. The SMILES string of the molecule is CC.CC.CC.CC(C)C.CC(F)P.CN(CC(NC(=O)NCC(=O)N1CCCC1C(=O)NCC(=O)O)C(C)(C)C)S(C)=O. The van der Waals surface area contributed by atoms with Crippen molar-refractivity contribution in [3.8, 4) is 0 Å². The summed E-state index contributed by atoms with van der Waals surface area (Å²) in [5, 5.41) is 16.3. The van der Waals surface area contributed by atoms with Gasteiger partial charge in [-0.05, 0) is 38.1 Å². The fourth-order valence-electron chi connectivity index (χ4n) is 2.98. The highest BCUT2D eigenvalue weighted by atomic mass is 32.2. The lowest BCUT2D eigenvalue weighted by atomic mass is 9.87. The number of alkyl halides is 1. The van der Waals surface area contributed by atoms with Gasteiger partial charge in [-0.15, -0.1) is 9.24 Å². The summed E-state index contributed by atoms with van der Waals surface area (Å²) in [5.74, 6) is -2.02. The number of hydrogen-bond acceptors (Lipinski definition) is 5. The molecule has 0 aliphatic carbocycles. The Kier molecular flexibility index (Phi) is 36.6. The lowest BCUT2D eigenvalue weighted by Crippen LogP contribution is -2.55. The Morgan fingerprint density at radius 2 is 1.43 bits per heavy atom. The Hall–Kier alpha value is -1.85. The van der Waals surface area contributed by atoms with Crippen LogP contribution in [0.15, 0.2) is 0 Å². The van der Waals surface area contributed by atoms with Gasteiger partial charge in [0.25, 0.3) is 0 Å². The van der Waals surface area contributed by atoms with Crippen LogP contribution < -0.4 is 16.0 Å². The number of carboxylic acids is 1. The molecule has 44 heavy (non-hydrogen) atoms. The van der Waals surface area contributed by atoms with Gasteiger partial charge in [0, 0.05) is 25.4 Å². The Morgan fingerprint density at radius 3 is 1.80 bits per heavy atom. The van der Waals surface area contributed by atoms with Crippen LogP contribution in [0.5, 0.6) is 0 Å². The highest BCUT2D eigenvalue weighted by molar-refractivity contribution is 7.81. The molecule has 1 fully saturated rings. The van der Waals surface area contributed by atoms with E-state index in [2.05, 4.69) is 36.7 Å². The van der Waals surface area contributed by atoms with Crippen molar-refractivity contribution in [3.63, 3.8) is 0 Å². The molecule has 0 spiro atoms. The molecule has 0 aromatic rings. The molecular weight excluding hydrogens is 608 g/mol. The molecule has 5 atom stereocenters. The molecule has 4 amide bonds. The molecule has 1 aliphatic heterocycles. The van der Waals surface area contributed by atoms with Gasteiger partial charge in [0.1, 0.15) is 18.5 Å². The van der Waals surface area contributed by atoms with E-state index < -0.39 is 53.3 Å². The van der Waals surface area contributed by atoms with Crippen LogP contribution in [0.3, 0.4) is 0 Å². The van der Waals surface area contributed by atoms with Gasteiger partial charge < -0.3 is 26.0 Å². The van der Waals surface area contributed by atoms with Crippen molar-refractivity contribution in [1.82, 2.24) is 25.2 Å². The first-order chi connectivity index (χ1) is 20.3. The van der Waals surface area contributed by atoms with E-state index in [9.17, 15) is 27.8 Å². The van der Waals surface area contributed by atoms with E-state index >= 15 is 0 Å². The van der Waals surface area contributed by atoms with Gasteiger partial charge in [0.15, 0.2) is 0 Å². The summed E-state index contributed by atoms with van der Waals surface area (Å²) >= 11 is 0. The van der Waals surface area contributed by atoms with Crippen LogP contribution in [-0.2, 0) is 25.4 Å². The molecule has 0 aromatic heterocycles. The van der Waals surface area contributed by atoms with Gasteiger partial charge in [0.2, 0.25) is 11.8 Å². The highest BCUT2D eigenvalue weighted by Gasteiger charge is 2.34. The Morgan fingerprint density at radius 1 is 1.00 bits per heavy atom. The molecule has 1 saturated heterocycles. The molecule has 0 aromatic carbocycles. The van der Waals surface area contributed by atoms with Crippen LogP contribution in [-0.4, -0.2) is 99.8 Å². The van der Waals surface area contributed by atoms with E-state index in [1.165, 1.54) is 11.8 Å². The molecule has 0 bridgehead atoms. The number of aliphatic carboxylic acids is 1. The van der Waals surface area contributed by atoms with E-state index in [0.29, 0.717) is 25.9 Å². The lowest BCUT2D eigenvalue weighted by molar-refractivity contribution is -0.140. The second-order valence-corrected chi connectivity index (χ2v) is 13.1. The van der Waals surface area contributed by atoms with Crippen molar-refractivity contribution in [3.05, 3.63) is 0 Å². The number of hydrogen-bond donors (Lipinski definition) is 4. The molecule has 1 heterocycles. The number of likely N-dealkylation sites (tertiary alicyclic amines) is 1. The second-order valence-electron chi connectivity index (χ2n) is 10.7. The molecule has 0 radical (unpaired) electrons. The third kappa shape index (κ3) is 31.6. The van der Waals surface area contributed by atoms with Crippen LogP contribution in [0.2, 0.25) is 0 Å². The Labute approximate surface area is 273 Å². The molecule has 1 aliphatic rings. The van der Waals surface area contributed by atoms with Gasteiger partial charge in [-0.25, -0.2) is 17.7 Å².